The van der Waals surface area contributed by atoms with Crippen LogP contribution in [0, 0.1) is 0 Å². The second-order valence-corrected chi connectivity index (χ2v) is 5.11. The summed E-state index contributed by atoms with van der Waals surface area (Å²) in [7, 11) is 1.93. The lowest BCUT2D eigenvalue weighted by atomic mass is 9.86. The van der Waals surface area contributed by atoms with E-state index < -0.39 is 0 Å². The maximum atomic E-state index is 4.49. The lowest BCUT2D eigenvalue weighted by molar-refractivity contribution is 0.753. The van der Waals surface area contributed by atoms with Crippen LogP contribution < -0.4 is 0 Å². The van der Waals surface area contributed by atoms with Crippen LogP contribution in [0.5, 0.6) is 0 Å². The van der Waals surface area contributed by atoms with Gasteiger partial charge in [0.15, 0.2) is 0 Å². The van der Waals surface area contributed by atoms with Crippen molar-refractivity contribution in [1.29, 1.82) is 0 Å². The maximum Gasteiger partial charge on any atom is 0.0673 e. The van der Waals surface area contributed by atoms with Crippen molar-refractivity contribution in [2.24, 2.45) is 12.0 Å². The molecule has 0 unspecified atom stereocenters. The van der Waals surface area contributed by atoms with Crippen molar-refractivity contribution in [3.05, 3.63) is 36.2 Å². The molecule has 3 heteroatoms. The molecule has 0 saturated carbocycles. The van der Waals surface area contributed by atoms with Crippen LogP contribution in [0.3, 0.4) is 0 Å². The molecule has 0 amide bonds. The quantitative estimate of drug-likeness (QED) is 0.733. The van der Waals surface area contributed by atoms with Crippen molar-refractivity contribution >= 4 is 11.9 Å². The van der Waals surface area contributed by atoms with Crippen LogP contribution in [-0.2, 0) is 12.5 Å². The zero-order chi connectivity index (χ0) is 12.0. The molecule has 1 aromatic carbocycles. The van der Waals surface area contributed by atoms with E-state index in [1.165, 1.54) is 11.1 Å². The fraction of sp³-hybridized carbons (Fsp3) is 0.286. The Bertz CT molecular complexity index is 606. The van der Waals surface area contributed by atoms with Crippen molar-refractivity contribution in [1.82, 2.24) is 9.78 Å². The van der Waals surface area contributed by atoms with E-state index in [0.717, 1.165) is 11.3 Å². The highest BCUT2D eigenvalue weighted by molar-refractivity contribution is 5.86. The fourth-order valence-electron chi connectivity index (χ4n) is 2.23. The third kappa shape index (κ3) is 1.58. The van der Waals surface area contributed by atoms with Gasteiger partial charge in [-0.15, -0.1) is 0 Å². The highest BCUT2D eigenvalue weighted by atomic mass is 15.2. The Morgan fingerprint density at radius 3 is 2.71 bits per heavy atom. The molecule has 0 N–H and O–H groups in total. The summed E-state index contributed by atoms with van der Waals surface area (Å²) < 4.78 is 1.82. The van der Waals surface area contributed by atoms with Crippen molar-refractivity contribution in [3.8, 4) is 11.1 Å². The Morgan fingerprint density at radius 2 is 2.00 bits per heavy atom. The molecule has 17 heavy (non-hydrogen) atoms. The molecule has 1 aliphatic rings. The molecule has 0 atom stereocenters. The average molecular weight is 225 g/mol. The Kier molecular flexibility index (Phi) is 1.99. The predicted molar refractivity (Wildman–Crippen MR) is 69.8 cm³/mol. The molecular formula is C14H15N3. The molecule has 0 bridgehead atoms. The van der Waals surface area contributed by atoms with E-state index in [2.05, 4.69) is 42.1 Å². The molecule has 1 aromatic heterocycles. The number of hydrogen-bond acceptors (Lipinski definition) is 2. The number of hydrogen-bond donors (Lipinski definition) is 0. The van der Waals surface area contributed by atoms with Gasteiger partial charge in [0.1, 0.15) is 0 Å². The molecule has 86 valence electrons. The predicted octanol–water partition coefficient (Wildman–Crippen LogP) is 3.08. The first kappa shape index (κ1) is 10.3. The topological polar surface area (TPSA) is 30.2 Å². The van der Waals surface area contributed by atoms with Crippen LogP contribution in [0.1, 0.15) is 19.4 Å². The van der Waals surface area contributed by atoms with E-state index in [1.54, 1.807) is 0 Å². The molecule has 0 radical (unpaired) electrons. The lowest BCUT2D eigenvalue weighted by Crippen LogP contribution is -2.14. The summed E-state index contributed by atoms with van der Waals surface area (Å²) in [6.45, 7) is 4.37. The van der Waals surface area contributed by atoms with Gasteiger partial charge in [-0.3, -0.25) is 9.67 Å². The Labute approximate surface area is 101 Å². The highest BCUT2D eigenvalue weighted by Crippen LogP contribution is 2.38. The SMILES string of the molecule is Cn1cc(-c2ccc3c(c2)N=CC3(C)C)cn1. The molecule has 3 rings (SSSR count). The second kappa shape index (κ2) is 3.29. The van der Waals surface area contributed by atoms with Crippen LogP contribution in [0.4, 0.5) is 5.69 Å². The van der Waals surface area contributed by atoms with Crippen LogP contribution in [-0.4, -0.2) is 16.0 Å². The number of aromatic nitrogens is 2. The summed E-state index contributed by atoms with van der Waals surface area (Å²) in [4.78, 5) is 4.49. The van der Waals surface area contributed by atoms with E-state index >= 15 is 0 Å². The van der Waals surface area contributed by atoms with Gasteiger partial charge in [0.25, 0.3) is 0 Å². The molecule has 0 saturated heterocycles. The summed E-state index contributed by atoms with van der Waals surface area (Å²) in [6.07, 6.45) is 5.92. The summed E-state index contributed by atoms with van der Waals surface area (Å²) >= 11 is 0. The van der Waals surface area contributed by atoms with Gasteiger partial charge in [-0.25, -0.2) is 0 Å². The standard InChI is InChI=1S/C14H15N3/c1-14(2)9-15-13-6-10(4-5-12(13)14)11-7-16-17(3)8-11/h4-9H,1-3H3. The Balaban J connectivity index is 2.09. The van der Waals surface area contributed by atoms with Crippen molar-refractivity contribution in [3.63, 3.8) is 0 Å². The fourth-order valence-corrected chi connectivity index (χ4v) is 2.23. The molecule has 0 fully saturated rings. The number of fused-ring (bicyclic) bond motifs is 1. The van der Waals surface area contributed by atoms with E-state index in [0.29, 0.717) is 0 Å². The van der Waals surface area contributed by atoms with E-state index in [4.69, 9.17) is 0 Å². The third-order valence-corrected chi connectivity index (χ3v) is 3.26. The van der Waals surface area contributed by atoms with E-state index in [-0.39, 0.29) is 5.41 Å². The van der Waals surface area contributed by atoms with Crippen LogP contribution in [0.15, 0.2) is 35.6 Å². The minimum atomic E-state index is 0.0583. The van der Waals surface area contributed by atoms with Gasteiger partial charge in [0.05, 0.1) is 11.9 Å². The van der Waals surface area contributed by atoms with Crippen molar-refractivity contribution in [2.75, 3.05) is 0 Å². The average Bonchev–Trinajstić information content (AvgIpc) is 2.84. The number of nitrogens with zero attached hydrogens (tertiary/aromatic N) is 3. The van der Waals surface area contributed by atoms with Gasteiger partial charge < -0.3 is 0 Å². The zero-order valence-corrected chi connectivity index (χ0v) is 10.3. The first-order chi connectivity index (χ1) is 8.06. The van der Waals surface area contributed by atoms with Gasteiger partial charge >= 0.3 is 0 Å². The normalized spacial score (nSPS) is 16.2. The largest absolute Gasteiger partial charge is 0.275 e. The summed E-state index contributed by atoms with van der Waals surface area (Å²) in [5, 5.41) is 4.19. The van der Waals surface area contributed by atoms with Crippen molar-refractivity contribution in [2.45, 2.75) is 19.3 Å². The van der Waals surface area contributed by atoms with Gasteiger partial charge in [-0.05, 0) is 17.2 Å². The minimum absolute atomic E-state index is 0.0583. The second-order valence-electron chi connectivity index (χ2n) is 5.11. The smallest absolute Gasteiger partial charge is 0.0673 e. The molecule has 1 aliphatic heterocycles. The Hall–Kier alpha value is -1.90. The van der Waals surface area contributed by atoms with Gasteiger partial charge in [0, 0.05) is 30.4 Å². The van der Waals surface area contributed by atoms with Gasteiger partial charge in [-0.1, -0.05) is 26.0 Å². The molecule has 0 aliphatic carbocycles. The highest BCUT2D eigenvalue weighted by Gasteiger charge is 2.26. The van der Waals surface area contributed by atoms with E-state index in [9.17, 15) is 0 Å². The van der Waals surface area contributed by atoms with Crippen molar-refractivity contribution < 1.29 is 0 Å². The minimum Gasteiger partial charge on any atom is -0.275 e. The number of aryl methyl sites for hydroxylation is 1. The molecule has 2 aromatic rings. The lowest BCUT2D eigenvalue weighted by Gasteiger charge is -2.15. The van der Waals surface area contributed by atoms with Gasteiger partial charge in [0.2, 0.25) is 0 Å². The molecule has 3 nitrogen and oxygen atoms in total. The number of aliphatic imine (C=N–C) groups is 1. The molecular weight excluding hydrogens is 210 g/mol. The molecule has 0 spiro atoms. The summed E-state index contributed by atoms with van der Waals surface area (Å²) in [6, 6.07) is 6.45. The number of rotatable bonds is 1. The first-order valence-corrected chi connectivity index (χ1v) is 5.75. The first-order valence-electron chi connectivity index (χ1n) is 5.75. The van der Waals surface area contributed by atoms with Crippen LogP contribution in [0.25, 0.3) is 11.1 Å². The maximum absolute atomic E-state index is 4.49. The zero-order valence-electron chi connectivity index (χ0n) is 10.3. The van der Waals surface area contributed by atoms with Crippen LogP contribution >= 0.6 is 0 Å². The monoisotopic (exact) mass is 225 g/mol. The molecule has 2 heterocycles. The van der Waals surface area contributed by atoms with E-state index in [1.807, 2.05) is 30.3 Å². The van der Waals surface area contributed by atoms with Gasteiger partial charge in [-0.2, -0.15) is 5.10 Å². The van der Waals surface area contributed by atoms with Crippen LogP contribution in [0.2, 0.25) is 0 Å². The number of benzene rings is 1. The summed E-state index contributed by atoms with van der Waals surface area (Å²) in [5.74, 6) is 0. The summed E-state index contributed by atoms with van der Waals surface area (Å²) in [5.41, 5.74) is 4.74. The Morgan fingerprint density at radius 1 is 1.18 bits per heavy atom. The third-order valence-electron chi connectivity index (χ3n) is 3.26.